The Labute approximate surface area is 129 Å². The lowest BCUT2D eigenvalue weighted by Gasteiger charge is -2.37. The van der Waals surface area contributed by atoms with Crippen LogP contribution >= 0.6 is 0 Å². The predicted octanol–water partition coefficient (Wildman–Crippen LogP) is -0.0963. The molecule has 1 aliphatic rings. The molecule has 1 amide bonds. The minimum atomic E-state index is -3.35. The molecule has 1 atom stereocenters. The van der Waals surface area contributed by atoms with Crippen molar-refractivity contribution in [1.82, 2.24) is 14.8 Å². The summed E-state index contributed by atoms with van der Waals surface area (Å²) in [5.41, 5.74) is -0.401. The smallest absolute Gasteiger partial charge is 0.253 e. The number of carbonyl (C=O) groups excluding carboxylic acids is 1. The molecule has 0 bridgehead atoms. The van der Waals surface area contributed by atoms with Crippen LogP contribution in [0, 0.1) is 0 Å². The first-order valence-electron chi connectivity index (χ1n) is 7.06. The van der Waals surface area contributed by atoms with Crippen LogP contribution in [0.3, 0.4) is 0 Å². The summed E-state index contributed by atoms with van der Waals surface area (Å²) in [5, 5.41) is 6.54. The molecule has 1 fully saturated rings. The van der Waals surface area contributed by atoms with Crippen LogP contribution < -0.4 is 5.32 Å². The SMILES string of the molecule is CCc1cc(CNC(=O)C2(C)CN(S(C)(=O)=O)CCO2)on1. The number of aryl methyl sites for hydroxylation is 1. The highest BCUT2D eigenvalue weighted by Gasteiger charge is 2.41. The van der Waals surface area contributed by atoms with Crippen molar-refractivity contribution in [3.63, 3.8) is 0 Å². The first-order chi connectivity index (χ1) is 10.2. The van der Waals surface area contributed by atoms with Crippen LogP contribution in [-0.2, 0) is 32.5 Å². The van der Waals surface area contributed by atoms with Crippen molar-refractivity contribution < 1.29 is 22.5 Å². The molecule has 1 unspecified atom stereocenters. The van der Waals surface area contributed by atoms with Crippen LogP contribution in [0.1, 0.15) is 25.3 Å². The van der Waals surface area contributed by atoms with Crippen LogP contribution in [0.2, 0.25) is 0 Å². The van der Waals surface area contributed by atoms with Gasteiger partial charge in [-0.1, -0.05) is 12.1 Å². The molecule has 0 radical (unpaired) electrons. The summed E-state index contributed by atoms with van der Waals surface area (Å²) < 4.78 is 35.1. The van der Waals surface area contributed by atoms with Gasteiger partial charge < -0.3 is 14.6 Å². The van der Waals surface area contributed by atoms with E-state index in [1.807, 2.05) is 6.92 Å². The molecule has 1 aromatic heterocycles. The maximum atomic E-state index is 12.3. The lowest BCUT2D eigenvalue weighted by atomic mass is 10.0. The molecule has 8 nitrogen and oxygen atoms in total. The summed E-state index contributed by atoms with van der Waals surface area (Å²) in [6.45, 7) is 4.15. The highest BCUT2D eigenvalue weighted by molar-refractivity contribution is 7.88. The topological polar surface area (TPSA) is 102 Å². The van der Waals surface area contributed by atoms with E-state index in [0.29, 0.717) is 5.76 Å². The fourth-order valence-corrected chi connectivity index (χ4v) is 3.10. The van der Waals surface area contributed by atoms with Gasteiger partial charge in [-0.25, -0.2) is 8.42 Å². The van der Waals surface area contributed by atoms with E-state index in [2.05, 4.69) is 10.5 Å². The van der Waals surface area contributed by atoms with E-state index in [1.54, 1.807) is 13.0 Å². The van der Waals surface area contributed by atoms with Gasteiger partial charge in [-0.2, -0.15) is 4.31 Å². The van der Waals surface area contributed by atoms with Gasteiger partial charge in [0.25, 0.3) is 5.91 Å². The zero-order chi connectivity index (χ0) is 16.4. The van der Waals surface area contributed by atoms with E-state index < -0.39 is 15.6 Å². The minimum Gasteiger partial charge on any atom is -0.363 e. The van der Waals surface area contributed by atoms with Gasteiger partial charge in [0.2, 0.25) is 10.0 Å². The number of aromatic nitrogens is 1. The Morgan fingerprint density at radius 3 is 2.86 bits per heavy atom. The molecule has 124 valence electrons. The lowest BCUT2D eigenvalue weighted by Crippen LogP contribution is -2.59. The largest absolute Gasteiger partial charge is 0.363 e. The van der Waals surface area contributed by atoms with E-state index in [0.717, 1.165) is 18.4 Å². The maximum Gasteiger partial charge on any atom is 0.253 e. The Balaban J connectivity index is 1.98. The molecule has 1 saturated heterocycles. The summed E-state index contributed by atoms with van der Waals surface area (Å²) >= 11 is 0. The Kier molecular flexibility index (Phi) is 4.88. The molecule has 2 heterocycles. The summed E-state index contributed by atoms with van der Waals surface area (Å²) in [7, 11) is -3.35. The van der Waals surface area contributed by atoms with Gasteiger partial charge in [-0.15, -0.1) is 0 Å². The van der Waals surface area contributed by atoms with Crippen LogP contribution in [0.15, 0.2) is 10.6 Å². The monoisotopic (exact) mass is 331 g/mol. The van der Waals surface area contributed by atoms with E-state index in [1.165, 1.54) is 4.31 Å². The first-order valence-corrected chi connectivity index (χ1v) is 8.91. The molecular formula is C13H21N3O5S. The second-order valence-corrected chi connectivity index (χ2v) is 7.48. The maximum absolute atomic E-state index is 12.3. The Morgan fingerprint density at radius 2 is 2.27 bits per heavy atom. The standard InChI is InChI=1S/C13H21N3O5S/c1-4-10-7-11(21-15-10)8-14-12(17)13(2)9-16(5-6-20-13)22(3,18)19/h7H,4-6,8-9H2,1-3H3,(H,14,17). The van der Waals surface area contributed by atoms with Crippen LogP contribution in [0.4, 0.5) is 0 Å². The van der Waals surface area contributed by atoms with Crippen molar-refractivity contribution in [2.75, 3.05) is 26.0 Å². The third-order valence-electron chi connectivity index (χ3n) is 3.58. The summed E-state index contributed by atoms with van der Waals surface area (Å²) in [4.78, 5) is 12.3. The summed E-state index contributed by atoms with van der Waals surface area (Å²) in [6.07, 6.45) is 1.87. The third kappa shape index (κ3) is 3.84. The molecular weight excluding hydrogens is 310 g/mol. The molecule has 1 aromatic rings. The van der Waals surface area contributed by atoms with E-state index in [9.17, 15) is 13.2 Å². The molecule has 2 rings (SSSR count). The van der Waals surface area contributed by atoms with Gasteiger partial charge in [0.1, 0.15) is 0 Å². The summed E-state index contributed by atoms with van der Waals surface area (Å²) in [6, 6.07) is 1.77. The average Bonchev–Trinajstić information content (AvgIpc) is 2.92. The quantitative estimate of drug-likeness (QED) is 0.809. The number of hydrogen-bond donors (Lipinski definition) is 1. The second-order valence-electron chi connectivity index (χ2n) is 5.50. The lowest BCUT2D eigenvalue weighted by molar-refractivity contribution is -0.152. The number of sulfonamides is 1. The molecule has 1 N–H and O–H groups in total. The van der Waals surface area contributed by atoms with Gasteiger partial charge in [-0.05, 0) is 13.3 Å². The predicted molar refractivity (Wildman–Crippen MR) is 78.5 cm³/mol. The molecule has 0 spiro atoms. The van der Waals surface area contributed by atoms with Gasteiger partial charge >= 0.3 is 0 Å². The van der Waals surface area contributed by atoms with Gasteiger partial charge in [0, 0.05) is 12.6 Å². The van der Waals surface area contributed by atoms with Crippen molar-refractivity contribution in [2.24, 2.45) is 0 Å². The minimum absolute atomic E-state index is 0.00567. The number of hydrogen-bond acceptors (Lipinski definition) is 6. The molecule has 0 aromatic carbocycles. The Morgan fingerprint density at radius 1 is 1.55 bits per heavy atom. The fraction of sp³-hybridized carbons (Fsp3) is 0.692. The normalized spacial score (nSPS) is 23.4. The number of ether oxygens (including phenoxy) is 1. The Bertz CT molecular complexity index is 642. The first kappa shape index (κ1) is 16.9. The number of nitrogens with one attached hydrogen (secondary N) is 1. The number of carbonyl (C=O) groups is 1. The van der Waals surface area contributed by atoms with E-state index >= 15 is 0 Å². The molecule has 9 heteroatoms. The van der Waals surface area contributed by atoms with Crippen LogP contribution in [0.25, 0.3) is 0 Å². The number of rotatable bonds is 5. The number of nitrogens with zero attached hydrogens (tertiary/aromatic N) is 2. The van der Waals surface area contributed by atoms with Crippen molar-refractivity contribution >= 4 is 15.9 Å². The van der Waals surface area contributed by atoms with Crippen molar-refractivity contribution in [2.45, 2.75) is 32.4 Å². The number of morpholine rings is 1. The molecule has 1 aliphatic heterocycles. The van der Waals surface area contributed by atoms with Crippen molar-refractivity contribution in [1.29, 1.82) is 0 Å². The van der Waals surface area contributed by atoms with Crippen LogP contribution in [-0.4, -0.2) is 55.3 Å². The molecule has 0 aliphatic carbocycles. The average molecular weight is 331 g/mol. The number of amides is 1. The van der Waals surface area contributed by atoms with E-state index in [-0.39, 0.29) is 32.1 Å². The Hall–Kier alpha value is -1.45. The highest BCUT2D eigenvalue weighted by Crippen LogP contribution is 2.20. The molecule has 22 heavy (non-hydrogen) atoms. The fourth-order valence-electron chi connectivity index (χ4n) is 2.21. The van der Waals surface area contributed by atoms with Gasteiger partial charge in [0.05, 0.1) is 31.6 Å². The van der Waals surface area contributed by atoms with Gasteiger partial charge in [0.15, 0.2) is 11.4 Å². The van der Waals surface area contributed by atoms with Gasteiger partial charge in [-0.3, -0.25) is 4.79 Å². The highest BCUT2D eigenvalue weighted by atomic mass is 32.2. The van der Waals surface area contributed by atoms with Crippen molar-refractivity contribution in [3.8, 4) is 0 Å². The second kappa shape index (κ2) is 6.35. The van der Waals surface area contributed by atoms with E-state index in [4.69, 9.17) is 9.26 Å². The zero-order valence-electron chi connectivity index (χ0n) is 13.0. The van der Waals surface area contributed by atoms with Crippen molar-refractivity contribution in [3.05, 3.63) is 17.5 Å². The zero-order valence-corrected chi connectivity index (χ0v) is 13.8. The molecule has 0 saturated carbocycles. The summed E-state index contributed by atoms with van der Waals surface area (Å²) in [5.74, 6) is 0.167. The van der Waals surface area contributed by atoms with Crippen LogP contribution in [0.5, 0.6) is 0 Å². The third-order valence-corrected chi connectivity index (χ3v) is 4.83.